The van der Waals surface area contributed by atoms with Crippen LogP contribution in [-0.4, -0.2) is 26.1 Å². The molecular formula is C15H14FNO5S. The highest BCUT2D eigenvalue weighted by Crippen LogP contribution is 2.23. The van der Waals surface area contributed by atoms with E-state index in [1.54, 1.807) is 6.92 Å². The van der Waals surface area contributed by atoms with Crippen LogP contribution in [0.3, 0.4) is 0 Å². The number of hydrogen-bond acceptors (Lipinski definition) is 4. The molecule has 0 aliphatic heterocycles. The third kappa shape index (κ3) is 3.98. The van der Waals surface area contributed by atoms with Gasteiger partial charge >= 0.3 is 5.97 Å². The average molecular weight is 339 g/mol. The largest absolute Gasteiger partial charge is 0.491 e. The van der Waals surface area contributed by atoms with Crippen molar-refractivity contribution < 1.29 is 27.4 Å². The van der Waals surface area contributed by atoms with Crippen LogP contribution in [0.2, 0.25) is 0 Å². The van der Waals surface area contributed by atoms with Crippen LogP contribution in [-0.2, 0) is 10.0 Å². The van der Waals surface area contributed by atoms with Gasteiger partial charge in [-0.25, -0.2) is 17.6 Å². The number of rotatable bonds is 6. The van der Waals surface area contributed by atoms with Crippen molar-refractivity contribution in [3.63, 3.8) is 0 Å². The Hall–Kier alpha value is -2.61. The van der Waals surface area contributed by atoms with Gasteiger partial charge in [-0.05, 0) is 43.3 Å². The van der Waals surface area contributed by atoms with E-state index in [2.05, 4.69) is 4.72 Å². The Labute approximate surface area is 132 Å². The zero-order chi connectivity index (χ0) is 17.0. The van der Waals surface area contributed by atoms with Gasteiger partial charge in [0.15, 0.2) is 11.6 Å². The highest BCUT2D eigenvalue weighted by atomic mass is 32.2. The summed E-state index contributed by atoms with van der Waals surface area (Å²) in [7, 11) is -3.95. The Morgan fingerprint density at radius 3 is 2.43 bits per heavy atom. The topological polar surface area (TPSA) is 92.7 Å². The van der Waals surface area contributed by atoms with E-state index in [1.807, 2.05) is 0 Å². The third-order valence-electron chi connectivity index (χ3n) is 2.90. The van der Waals surface area contributed by atoms with Crippen LogP contribution in [0.1, 0.15) is 17.3 Å². The lowest BCUT2D eigenvalue weighted by atomic mass is 10.2. The first-order chi connectivity index (χ1) is 10.8. The highest BCUT2D eigenvalue weighted by molar-refractivity contribution is 7.92. The zero-order valence-electron chi connectivity index (χ0n) is 12.1. The molecule has 2 rings (SSSR count). The van der Waals surface area contributed by atoms with Crippen molar-refractivity contribution in [2.75, 3.05) is 11.3 Å². The van der Waals surface area contributed by atoms with Crippen LogP contribution in [0.25, 0.3) is 0 Å². The van der Waals surface area contributed by atoms with E-state index in [4.69, 9.17) is 9.84 Å². The van der Waals surface area contributed by atoms with Crippen molar-refractivity contribution in [1.82, 2.24) is 0 Å². The molecule has 0 spiro atoms. The lowest BCUT2D eigenvalue weighted by Crippen LogP contribution is -2.13. The number of carboxylic acids is 1. The second-order valence-corrected chi connectivity index (χ2v) is 6.20. The molecule has 0 radical (unpaired) electrons. The molecule has 0 amide bonds. The third-order valence-corrected chi connectivity index (χ3v) is 4.28. The standard InChI is InChI=1S/C15H14FNO5S/c1-2-22-14-9-12(7-8-13(14)16)23(20,21)17-11-5-3-10(4-6-11)15(18)19/h3-9,17H,2H2,1H3,(H,18,19). The molecule has 0 fully saturated rings. The molecule has 122 valence electrons. The maximum atomic E-state index is 13.5. The summed E-state index contributed by atoms with van der Waals surface area (Å²) >= 11 is 0. The lowest BCUT2D eigenvalue weighted by molar-refractivity contribution is 0.0697. The molecule has 6 nitrogen and oxygen atoms in total. The number of ether oxygens (including phenoxy) is 1. The molecule has 0 heterocycles. The van der Waals surface area contributed by atoms with Crippen molar-refractivity contribution in [2.24, 2.45) is 0 Å². The van der Waals surface area contributed by atoms with Crippen molar-refractivity contribution in [3.8, 4) is 5.75 Å². The Bertz CT molecular complexity index is 818. The number of aromatic carboxylic acids is 1. The van der Waals surface area contributed by atoms with Crippen LogP contribution in [0.4, 0.5) is 10.1 Å². The van der Waals surface area contributed by atoms with Gasteiger partial charge in [0.05, 0.1) is 17.1 Å². The Morgan fingerprint density at radius 1 is 1.22 bits per heavy atom. The number of halogens is 1. The van der Waals surface area contributed by atoms with Crippen LogP contribution in [0, 0.1) is 5.82 Å². The summed E-state index contributed by atoms with van der Waals surface area (Å²) in [5, 5.41) is 8.81. The molecule has 2 aromatic rings. The predicted molar refractivity (Wildman–Crippen MR) is 81.8 cm³/mol. The van der Waals surface area contributed by atoms with E-state index < -0.39 is 21.8 Å². The molecule has 0 aliphatic rings. The molecule has 0 bridgehead atoms. The number of carboxylic acid groups (broad SMARTS) is 1. The molecule has 0 saturated carbocycles. The summed E-state index contributed by atoms with van der Waals surface area (Å²) in [5.41, 5.74) is 0.227. The molecule has 0 unspecified atom stereocenters. The fourth-order valence-electron chi connectivity index (χ4n) is 1.81. The summed E-state index contributed by atoms with van der Waals surface area (Å²) in [6.45, 7) is 1.85. The number of benzene rings is 2. The van der Waals surface area contributed by atoms with Gasteiger partial charge in [0, 0.05) is 11.8 Å². The van der Waals surface area contributed by atoms with Gasteiger partial charge in [0.1, 0.15) is 0 Å². The maximum absolute atomic E-state index is 13.5. The monoisotopic (exact) mass is 339 g/mol. The maximum Gasteiger partial charge on any atom is 0.335 e. The van der Waals surface area contributed by atoms with Crippen molar-refractivity contribution >= 4 is 21.7 Å². The van der Waals surface area contributed by atoms with Crippen LogP contribution >= 0.6 is 0 Å². The van der Waals surface area contributed by atoms with Crippen LogP contribution in [0.5, 0.6) is 5.75 Å². The summed E-state index contributed by atoms with van der Waals surface area (Å²) in [6.07, 6.45) is 0. The highest BCUT2D eigenvalue weighted by Gasteiger charge is 2.17. The van der Waals surface area contributed by atoms with Crippen molar-refractivity contribution in [2.45, 2.75) is 11.8 Å². The molecule has 0 atom stereocenters. The Kier molecular flexibility index (Phi) is 4.85. The van der Waals surface area contributed by atoms with Gasteiger partial charge in [-0.1, -0.05) is 0 Å². The van der Waals surface area contributed by atoms with E-state index in [-0.39, 0.29) is 28.5 Å². The summed E-state index contributed by atoms with van der Waals surface area (Å²) in [5.74, 6) is -1.92. The second-order valence-electron chi connectivity index (χ2n) is 4.51. The van der Waals surface area contributed by atoms with E-state index in [0.717, 1.165) is 18.2 Å². The molecular weight excluding hydrogens is 325 g/mol. The van der Waals surface area contributed by atoms with Crippen LogP contribution < -0.4 is 9.46 Å². The summed E-state index contributed by atoms with van der Waals surface area (Å²) < 4.78 is 45.4. The van der Waals surface area contributed by atoms with Crippen molar-refractivity contribution in [1.29, 1.82) is 0 Å². The molecule has 8 heteroatoms. The Morgan fingerprint density at radius 2 is 1.87 bits per heavy atom. The van der Waals surface area contributed by atoms with Gasteiger partial charge in [-0.2, -0.15) is 0 Å². The Balaban J connectivity index is 2.28. The van der Waals surface area contributed by atoms with Crippen LogP contribution in [0.15, 0.2) is 47.4 Å². The van der Waals surface area contributed by atoms with Gasteiger partial charge in [-0.15, -0.1) is 0 Å². The number of sulfonamides is 1. The quantitative estimate of drug-likeness (QED) is 0.844. The van der Waals surface area contributed by atoms with E-state index in [0.29, 0.717) is 0 Å². The number of hydrogen-bond donors (Lipinski definition) is 2. The number of carbonyl (C=O) groups is 1. The molecule has 0 aliphatic carbocycles. The molecule has 0 aromatic heterocycles. The normalized spacial score (nSPS) is 11.0. The summed E-state index contributed by atoms with van der Waals surface area (Å²) in [4.78, 5) is 10.6. The molecule has 2 aromatic carbocycles. The number of nitrogens with one attached hydrogen (secondary N) is 1. The fraction of sp³-hybridized carbons (Fsp3) is 0.133. The minimum Gasteiger partial charge on any atom is -0.491 e. The van der Waals surface area contributed by atoms with E-state index in [1.165, 1.54) is 24.3 Å². The zero-order valence-corrected chi connectivity index (χ0v) is 12.9. The SMILES string of the molecule is CCOc1cc(S(=O)(=O)Nc2ccc(C(=O)O)cc2)ccc1F. The molecule has 0 saturated heterocycles. The lowest BCUT2D eigenvalue weighted by Gasteiger charge is -2.10. The minimum absolute atomic E-state index is 0.0355. The van der Waals surface area contributed by atoms with Crippen molar-refractivity contribution in [3.05, 3.63) is 53.8 Å². The fourth-order valence-corrected chi connectivity index (χ4v) is 2.89. The average Bonchev–Trinajstić information content (AvgIpc) is 2.49. The van der Waals surface area contributed by atoms with E-state index >= 15 is 0 Å². The minimum atomic E-state index is -3.95. The van der Waals surface area contributed by atoms with Gasteiger partial charge < -0.3 is 9.84 Å². The van der Waals surface area contributed by atoms with E-state index in [9.17, 15) is 17.6 Å². The predicted octanol–water partition coefficient (Wildman–Crippen LogP) is 2.72. The number of anilines is 1. The second kappa shape index (κ2) is 6.66. The summed E-state index contributed by atoms with van der Waals surface area (Å²) in [6, 6.07) is 8.42. The van der Waals surface area contributed by atoms with Gasteiger partial charge in [0.25, 0.3) is 10.0 Å². The first-order valence-corrected chi connectivity index (χ1v) is 8.10. The first-order valence-electron chi connectivity index (χ1n) is 6.62. The first kappa shape index (κ1) is 16.8. The van der Waals surface area contributed by atoms with Gasteiger partial charge in [-0.3, -0.25) is 4.72 Å². The molecule has 2 N–H and O–H groups in total. The smallest absolute Gasteiger partial charge is 0.335 e. The van der Waals surface area contributed by atoms with Gasteiger partial charge in [0.2, 0.25) is 0 Å². The molecule has 23 heavy (non-hydrogen) atoms.